The van der Waals surface area contributed by atoms with E-state index in [4.69, 9.17) is 4.74 Å². The van der Waals surface area contributed by atoms with Crippen LogP contribution in [0.2, 0.25) is 0 Å². The highest BCUT2D eigenvalue weighted by Crippen LogP contribution is 2.27. The number of methoxy groups -OCH3 is 1. The summed E-state index contributed by atoms with van der Waals surface area (Å²) in [5.74, 6) is 0.922. The molecule has 0 N–H and O–H groups in total. The summed E-state index contributed by atoms with van der Waals surface area (Å²) in [7, 11) is 1.59. The van der Waals surface area contributed by atoms with Crippen molar-refractivity contribution in [3.8, 4) is 11.4 Å². The molecule has 3 rings (SSSR count). The van der Waals surface area contributed by atoms with Gasteiger partial charge in [0.05, 0.1) is 23.0 Å². The predicted octanol–water partition coefficient (Wildman–Crippen LogP) is 4.03. The molecule has 0 spiro atoms. The molecule has 26 heavy (non-hydrogen) atoms. The number of aromatic nitrogens is 4. The van der Waals surface area contributed by atoms with E-state index in [-0.39, 0.29) is 11.5 Å². The maximum atomic E-state index is 12.5. The molecule has 8 heteroatoms. The number of halogens is 1. The van der Waals surface area contributed by atoms with E-state index >= 15 is 0 Å². The van der Waals surface area contributed by atoms with Gasteiger partial charge in [-0.1, -0.05) is 29.5 Å². The average Bonchev–Trinajstić information content (AvgIpc) is 3.07. The van der Waals surface area contributed by atoms with Gasteiger partial charge in [0.15, 0.2) is 5.78 Å². The van der Waals surface area contributed by atoms with E-state index in [9.17, 15) is 4.79 Å². The van der Waals surface area contributed by atoms with Crippen LogP contribution in [0.3, 0.4) is 0 Å². The van der Waals surface area contributed by atoms with Crippen molar-refractivity contribution in [3.05, 3.63) is 57.6 Å². The normalized spacial score (nSPS) is 10.8. The SMILES string of the molecule is COc1ccc(C(=O)CSc2nnnn2-c2ccc(C)cc2C)cc1Br. The summed E-state index contributed by atoms with van der Waals surface area (Å²) in [5.41, 5.74) is 3.76. The zero-order valence-electron chi connectivity index (χ0n) is 14.6. The highest BCUT2D eigenvalue weighted by Gasteiger charge is 2.15. The van der Waals surface area contributed by atoms with Crippen molar-refractivity contribution in [2.45, 2.75) is 19.0 Å². The van der Waals surface area contributed by atoms with E-state index in [2.05, 4.69) is 37.5 Å². The van der Waals surface area contributed by atoms with Gasteiger partial charge >= 0.3 is 0 Å². The Bertz CT molecular complexity index is 958. The van der Waals surface area contributed by atoms with Crippen molar-refractivity contribution >= 4 is 33.5 Å². The van der Waals surface area contributed by atoms with Crippen LogP contribution in [0.25, 0.3) is 5.69 Å². The van der Waals surface area contributed by atoms with Gasteiger partial charge in [0.1, 0.15) is 5.75 Å². The number of benzene rings is 2. The number of nitrogens with zero attached hydrogens (tertiary/aromatic N) is 4. The number of Topliss-reactive ketones (excluding diaryl/α,β-unsaturated/α-hetero) is 1. The van der Waals surface area contributed by atoms with Gasteiger partial charge in [-0.05, 0) is 70.0 Å². The molecule has 0 saturated heterocycles. The quantitative estimate of drug-likeness (QED) is 0.432. The summed E-state index contributed by atoms with van der Waals surface area (Å²) in [4.78, 5) is 12.5. The first-order valence-corrected chi connectivity index (χ1v) is 9.63. The van der Waals surface area contributed by atoms with Crippen LogP contribution < -0.4 is 4.74 Å². The minimum absolute atomic E-state index is 0.00599. The lowest BCUT2D eigenvalue weighted by Gasteiger charge is -2.08. The molecular weight excluding hydrogens is 416 g/mol. The van der Waals surface area contributed by atoms with Gasteiger partial charge in [0.2, 0.25) is 5.16 Å². The number of tetrazole rings is 1. The van der Waals surface area contributed by atoms with Gasteiger partial charge < -0.3 is 4.74 Å². The summed E-state index contributed by atoms with van der Waals surface area (Å²) >= 11 is 4.71. The largest absolute Gasteiger partial charge is 0.496 e. The zero-order valence-corrected chi connectivity index (χ0v) is 17.0. The Morgan fingerprint density at radius 3 is 2.73 bits per heavy atom. The van der Waals surface area contributed by atoms with Crippen LogP contribution in [0.15, 0.2) is 46.0 Å². The fraction of sp³-hybridized carbons (Fsp3) is 0.222. The number of rotatable bonds is 6. The van der Waals surface area contributed by atoms with Crippen LogP contribution in [0, 0.1) is 13.8 Å². The maximum Gasteiger partial charge on any atom is 0.214 e. The van der Waals surface area contributed by atoms with Gasteiger partial charge in [-0.3, -0.25) is 4.79 Å². The number of ether oxygens (including phenoxy) is 1. The highest BCUT2D eigenvalue weighted by molar-refractivity contribution is 9.10. The fourth-order valence-corrected chi connectivity index (χ4v) is 3.84. The number of hydrogen-bond donors (Lipinski definition) is 0. The minimum Gasteiger partial charge on any atom is -0.496 e. The lowest BCUT2D eigenvalue weighted by Crippen LogP contribution is -2.06. The second kappa shape index (κ2) is 8.01. The minimum atomic E-state index is -0.00599. The third kappa shape index (κ3) is 3.96. The number of hydrogen-bond acceptors (Lipinski definition) is 6. The first-order valence-electron chi connectivity index (χ1n) is 7.85. The van der Waals surface area contributed by atoms with Crippen molar-refractivity contribution in [2.75, 3.05) is 12.9 Å². The number of ketones is 1. The van der Waals surface area contributed by atoms with Crippen LogP contribution in [0.5, 0.6) is 5.75 Å². The van der Waals surface area contributed by atoms with E-state index < -0.39 is 0 Å². The molecule has 2 aromatic carbocycles. The van der Waals surface area contributed by atoms with Gasteiger partial charge in [-0.2, -0.15) is 4.68 Å². The number of carbonyl (C=O) groups excluding carboxylic acids is 1. The summed E-state index contributed by atoms with van der Waals surface area (Å²) in [6, 6.07) is 11.3. The number of aryl methyl sites for hydroxylation is 2. The maximum absolute atomic E-state index is 12.5. The van der Waals surface area contributed by atoms with Gasteiger partial charge in [-0.25, -0.2) is 0 Å². The molecule has 0 aliphatic carbocycles. The predicted molar refractivity (Wildman–Crippen MR) is 104 cm³/mol. The van der Waals surface area contributed by atoms with Crippen molar-refractivity contribution in [3.63, 3.8) is 0 Å². The van der Waals surface area contributed by atoms with E-state index in [1.54, 1.807) is 30.0 Å². The lowest BCUT2D eigenvalue weighted by molar-refractivity contribution is 0.102. The molecule has 0 aliphatic rings. The van der Waals surface area contributed by atoms with Crippen LogP contribution in [-0.2, 0) is 0 Å². The molecule has 0 fully saturated rings. The van der Waals surface area contributed by atoms with E-state index in [0.29, 0.717) is 16.5 Å². The molecule has 1 heterocycles. The molecule has 0 saturated carbocycles. The Balaban J connectivity index is 1.76. The van der Waals surface area contributed by atoms with Crippen LogP contribution >= 0.6 is 27.7 Å². The molecule has 0 radical (unpaired) electrons. The van der Waals surface area contributed by atoms with Gasteiger partial charge in [-0.15, -0.1) is 5.10 Å². The molecular formula is C18H17BrN4O2S. The third-order valence-corrected chi connectivity index (χ3v) is 5.37. The molecule has 0 atom stereocenters. The summed E-state index contributed by atoms with van der Waals surface area (Å²) in [5, 5.41) is 12.5. The van der Waals surface area contributed by atoms with E-state index in [0.717, 1.165) is 15.7 Å². The van der Waals surface area contributed by atoms with Crippen molar-refractivity contribution in [2.24, 2.45) is 0 Å². The van der Waals surface area contributed by atoms with Gasteiger partial charge in [0.25, 0.3) is 0 Å². The second-order valence-electron chi connectivity index (χ2n) is 5.72. The van der Waals surface area contributed by atoms with E-state index in [1.807, 2.05) is 26.0 Å². The molecule has 3 aromatic rings. The summed E-state index contributed by atoms with van der Waals surface area (Å²) in [6.45, 7) is 4.05. The number of thioether (sulfide) groups is 1. The molecule has 0 unspecified atom stereocenters. The Labute approximate surface area is 164 Å². The topological polar surface area (TPSA) is 69.9 Å². The first kappa shape index (κ1) is 18.6. The first-order chi connectivity index (χ1) is 12.5. The highest BCUT2D eigenvalue weighted by atomic mass is 79.9. The lowest BCUT2D eigenvalue weighted by atomic mass is 10.1. The Kier molecular flexibility index (Phi) is 5.73. The monoisotopic (exact) mass is 432 g/mol. The summed E-state index contributed by atoms with van der Waals surface area (Å²) in [6.07, 6.45) is 0. The molecule has 1 aromatic heterocycles. The third-order valence-electron chi connectivity index (χ3n) is 3.83. The van der Waals surface area contributed by atoms with Crippen LogP contribution in [-0.4, -0.2) is 38.9 Å². The van der Waals surface area contributed by atoms with E-state index in [1.165, 1.54) is 17.3 Å². The Hall–Kier alpha value is -2.19. The molecule has 6 nitrogen and oxygen atoms in total. The standard InChI is InChI=1S/C18H17BrN4O2S/c1-11-4-6-15(12(2)8-11)23-18(20-21-22-23)26-10-16(24)13-5-7-17(25-3)14(19)9-13/h4-9H,10H2,1-3H3. The summed E-state index contributed by atoms with van der Waals surface area (Å²) < 4.78 is 7.60. The number of carbonyl (C=O) groups is 1. The second-order valence-corrected chi connectivity index (χ2v) is 7.52. The van der Waals surface area contributed by atoms with Crippen molar-refractivity contribution < 1.29 is 9.53 Å². The molecule has 0 aliphatic heterocycles. The van der Waals surface area contributed by atoms with Crippen molar-refractivity contribution in [1.82, 2.24) is 20.2 Å². The van der Waals surface area contributed by atoms with Crippen LogP contribution in [0.1, 0.15) is 21.5 Å². The molecule has 0 bridgehead atoms. The average molecular weight is 433 g/mol. The Morgan fingerprint density at radius 2 is 2.04 bits per heavy atom. The fourth-order valence-electron chi connectivity index (χ4n) is 2.52. The Morgan fingerprint density at radius 1 is 1.23 bits per heavy atom. The van der Waals surface area contributed by atoms with Crippen molar-refractivity contribution in [1.29, 1.82) is 0 Å². The molecule has 134 valence electrons. The molecule has 0 amide bonds. The van der Waals surface area contributed by atoms with Gasteiger partial charge in [0, 0.05) is 5.56 Å². The zero-order chi connectivity index (χ0) is 18.7. The smallest absolute Gasteiger partial charge is 0.214 e. The van der Waals surface area contributed by atoms with Crippen LogP contribution in [0.4, 0.5) is 0 Å².